The van der Waals surface area contributed by atoms with E-state index in [4.69, 9.17) is 11.6 Å². The maximum Gasteiger partial charge on any atom is 0.377 e. The minimum atomic E-state index is -0.644. The Bertz CT molecular complexity index is 674. The van der Waals surface area contributed by atoms with Crippen LogP contribution in [0.2, 0.25) is 5.02 Å². The Balaban J connectivity index is 2.45. The zero-order valence-corrected chi connectivity index (χ0v) is 11.9. The summed E-state index contributed by atoms with van der Waals surface area (Å²) in [7, 11) is 0. The largest absolute Gasteiger partial charge is 0.377 e. The number of nitrogens with zero attached hydrogens (tertiary/aromatic N) is 5. The Hall–Kier alpha value is -2.15. The number of para-hydroxylation sites is 1. The highest BCUT2D eigenvalue weighted by Crippen LogP contribution is 2.16. The minimum absolute atomic E-state index is 0.358. The van der Waals surface area contributed by atoms with E-state index in [0.717, 1.165) is 9.36 Å². The third-order valence-electron chi connectivity index (χ3n) is 2.88. The van der Waals surface area contributed by atoms with Crippen molar-refractivity contribution in [2.24, 2.45) is 0 Å². The molecule has 0 saturated heterocycles. The van der Waals surface area contributed by atoms with E-state index in [2.05, 4.69) is 10.4 Å². The molecule has 2 rings (SSSR count). The van der Waals surface area contributed by atoms with Crippen LogP contribution in [0.4, 0.5) is 4.79 Å². The van der Waals surface area contributed by atoms with Crippen molar-refractivity contribution >= 4 is 17.6 Å². The van der Waals surface area contributed by atoms with Gasteiger partial charge in [0.1, 0.15) is 0 Å². The van der Waals surface area contributed by atoms with Crippen molar-refractivity contribution in [1.29, 1.82) is 0 Å². The first-order chi connectivity index (χ1) is 9.60. The van der Waals surface area contributed by atoms with Crippen LogP contribution in [0.15, 0.2) is 29.1 Å². The Morgan fingerprint density at radius 2 is 1.90 bits per heavy atom. The van der Waals surface area contributed by atoms with Crippen molar-refractivity contribution in [2.75, 3.05) is 13.1 Å². The fourth-order valence-corrected chi connectivity index (χ4v) is 1.98. The van der Waals surface area contributed by atoms with Crippen LogP contribution in [0.5, 0.6) is 0 Å². The molecule has 2 aromatic rings. The summed E-state index contributed by atoms with van der Waals surface area (Å²) in [4.78, 5) is 25.8. The summed E-state index contributed by atoms with van der Waals surface area (Å²) in [6, 6.07) is 6.22. The van der Waals surface area contributed by atoms with E-state index < -0.39 is 11.7 Å². The maximum absolute atomic E-state index is 12.2. The molecular formula is C12H14ClN5O2. The second-order valence-electron chi connectivity index (χ2n) is 3.99. The SMILES string of the molecule is CCN(CC)C(=O)n1nnn(-c2ccccc2Cl)c1=O. The van der Waals surface area contributed by atoms with Crippen LogP contribution in [-0.4, -0.2) is 43.8 Å². The van der Waals surface area contributed by atoms with Crippen molar-refractivity contribution in [1.82, 2.24) is 24.7 Å². The Morgan fingerprint density at radius 3 is 2.50 bits per heavy atom. The van der Waals surface area contributed by atoms with E-state index in [9.17, 15) is 9.59 Å². The highest BCUT2D eigenvalue weighted by Gasteiger charge is 2.20. The van der Waals surface area contributed by atoms with E-state index in [1.165, 1.54) is 4.90 Å². The van der Waals surface area contributed by atoms with Gasteiger partial charge in [0.25, 0.3) is 0 Å². The molecule has 0 aliphatic rings. The highest BCUT2D eigenvalue weighted by molar-refractivity contribution is 6.32. The van der Waals surface area contributed by atoms with Gasteiger partial charge in [0.05, 0.1) is 10.7 Å². The number of hydrogen-bond acceptors (Lipinski definition) is 4. The molecule has 0 aliphatic carbocycles. The molecule has 1 aromatic heterocycles. The average molecular weight is 296 g/mol. The van der Waals surface area contributed by atoms with Gasteiger partial charge in [0.15, 0.2) is 0 Å². The number of carbonyl (C=O) groups excluding carboxylic acids is 1. The zero-order chi connectivity index (χ0) is 14.7. The molecular weight excluding hydrogens is 282 g/mol. The van der Waals surface area contributed by atoms with Crippen molar-refractivity contribution in [3.63, 3.8) is 0 Å². The summed E-state index contributed by atoms with van der Waals surface area (Å²) < 4.78 is 1.74. The number of halogens is 1. The molecule has 106 valence electrons. The van der Waals surface area contributed by atoms with Crippen LogP contribution in [0.3, 0.4) is 0 Å². The number of benzene rings is 1. The van der Waals surface area contributed by atoms with Gasteiger partial charge < -0.3 is 4.90 Å². The van der Waals surface area contributed by atoms with Crippen molar-refractivity contribution < 1.29 is 4.79 Å². The molecule has 0 fully saturated rings. The number of tetrazole rings is 1. The fourth-order valence-electron chi connectivity index (χ4n) is 1.77. The van der Waals surface area contributed by atoms with Gasteiger partial charge in [0, 0.05) is 13.1 Å². The number of amides is 1. The van der Waals surface area contributed by atoms with Crippen LogP contribution >= 0.6 is 11.6 Å². The monoisotopic (exact) mass is 295 g/mol. The maximum atomic E-state index is 12.2. The third-order valence-corrected chi connectivity index (χ3v) is 3.20. The molecule has 20 heavy (non-hydrogen) atoms. The summed E-state index contributed by atoms with van der Waals surface area (Å²) in [5, 5.41) is 7.68. The summed E-state index contributed by atoms with van der Waals surface area (Å²) in [6.07, 6.45) is 0. The number of aromatic nitrogens is 4. The Labute approximate surface area is 120 Å². The minimum Gasteiger partial charge on any atom is -0.323 e. The van der Waals surface area contributed by atoms with Crippen LogP contribution in [-0.2, 0) is 0 Å². The topological polar surface area (TPSA) is 73.0 Å². The number of rotatable bonds is 3. The molecule has 0 saturated carbocycles. The first-order valence-electron chi connectivity index (χ1n) is 6.19. The second kappa shape index (κ2) is 5.87. The standard InChI is InChI=1S/C12H14ClN5O2/c1-3-16(4-2)11(19)18-12(20)17(14-15-18)10-8-6-5-7-9(10)13/h5-8H,3-4H2,1-2H3. The summed E-state index contributed by atoms with van der Waals surface area (Å²) in [6.45, 7) is 4.62. The second-order valence-corrected chi connectivity index (χ2v) is 4.40. The molecule has 0 unspecified atom stereocenters. The average Bonchev–Trinajstić information content (AvgIpc) is 2.82. The van der Waals surface area contributed by atoms with Gasteiger partial charge in [-0.05, 0) is 36.4 Å². The van der Waals surface area contributed by atoms with Gasteiger partial charge in [-0.1, -0.05) is 23.7 Å². The quantitative estimate of drug-likeness (QED) is 0.802. The molecule has 7 nitrogen and oxygen atoms in total. The predicted molar refractivity (Wildman–Crippen MR) is 74.3 cm³/mol. The molecule has 1 amide bonds. The van der Waals surface area contributed by atoms with E-state index in [1.54, 1.807) is 24.3 Å². The van der Waals surface area contributed by atoms with E-state index in [0.29, 0.717) is 23.8 Å². The first-order valence-corrected chi connectivity index (χ1v) is 6.57. The third kappa shape index (κ3) is 2.44. The van der Waals surface area contributed by atoms with Crippen molar-refractivity contribution in [3.8, 4) is 5.69 Å². The van der Waals surface area contributed by atoms with Gasteiger partial charge >= 0.3 is 11.7 Å². The lowest BCUT2D eigenvalue weighted by Crippen LogP contribution is -2.40. The van der Waals surface area contributed by atoms with Gasteiger partial charge in [-0.3, -0.25) is 0 Å². The van der Waals surface area contributed by atoms with Gasteiger partial charge in [-0.15, -0.1) is 4.68 Å². The number of carbonyl (C=O) groups is 1. The first kappa shape index (κ1) is 14.3. The lowest BCUT2D eigenvalue weighted by Gasteiger charge is -2.16. The molecule has 0 bridgehead atoms. The van der Waals surface area contributed by atoms with Gasteiger partial charge in [-0.25, -0.2) is 9.59 Å². The van der Waals surface area contributed by atoms with Crippen molar-refractivity contribution in [3.05, 3.63) is 39.8 Å². The van der Waals surface area contributed by atoms with Crippen molar-refractivity contribution in [2.45, 2.75) is 13.8 Å². The Morgan fingerprint density at radius 1 is 1.25 bits per heavy atom. The molecule has 0 radical (unpaired) electrons. The van der Waals surface area contributed by atoms with E-state index in [-0.39, 0.29) is 0 Å². The lowest BCUT2D eigenvalue weighted by molar-refractivity contribution is 0.200. The molecule has 1 aromatic carbocycles. The van der Waals surface area contributed by atoms with E-state index >= 15 is 0 Å². The highest BCUT2D eigenvalue weighted by atomic mass is 35.5. The van der Waals surface area contributed by atoms with E-state index in [1.807, 2.05) is 13.8 Å². The smallest absolute Gasteiger partial charge is 0.323 e. The summed E-state index contributed by atoms with van der Waals surface area (Å²) in [5.74, 6) is 0. The molecule has 0 aliphatic heterocycles. The van der Waals surface area contributed by atoms with Crippen LogP contribution in [0.1, 0.15) is 13.8 Å². The zero-order valence-electron chi connectivity index (χ0n) is 11.2. The van der Waals surface area contributed by atoms with Crippen LogP contribution in [0.25, 0.3) is 5.69 Å². The normalized spacial score (nSPS) is 10.6. The fraction of sp³-hybridized carbons (Fsp3) is 0.333. The van der Waals surface area contributed by atoms with Crippen LogP contribution in [0, 0.1) is 0 Å². The van der Waals surface area contributed by atoms with Gasteiger partial charge in [0.2, 0.25) is 0 Å². The number of hydrogen-bond donors (Lipinski definition) is 0. The lowest BCUT2D eigenvalue weighted by atomic mass is 10.3. The van der Waals surface area contributed by atoms with Crippen LogP contribution < -0.4 is 5.69 Å². The molecule has 0 spiro atoms. The molecule has 1 heterocycles. The molecule has 0 atom stereocenters. The summed E-state index contributed by atoms with van der Waals surface area (Å²) >= 11 is 6.00. The summed E-state index contributed by atoms with van der Waals surface area (Å²) in [5.41, 5.74) is -0.257. The Kier molecular flexibility index (Phi) is 4.19. The molecule has 8 heteroatoms. The predicted octanol–water partition coefficient (Wildman–Crippen LogP) is 1.39. The van der Waals surface area contributed by atoms with Gasteiger partial charge in [-0.2, -0.15) is 4.68 Å². The molecule has 0 N–H and O–H groups in total.